The summed E-state index contributed by atoms with van der Waals surface area (Å²) in [6.45, 7) is 6.60. The molecule has 0 aliphatic rings. The zero-order valence-electron chi connectivity index (χ0n) is 9.39. The molecule has 0 rings (SSSR count). The first kappa shape index (κ1) is 12.9. The van der Waals surface area contributed by atoms with Crippen molar-refractivity contribution in [3.05, 3.63) is 0 Å². The van der Waals surface area contributed by atoms with Crippen molar-refractivity contribution in [2.75, 3.05) is 13.1 Å². The van der Waals surface area contributed by atoms with Crippen LogP contribution in [0.2, 0.25) is 0 Å². The summed E-state index contributed by atoms with van der Waals surface area (Å²) in [7, 11) is 0. The summed E-state index contributed by atoms with van der Waals surface area (Å²) in [5.41, 5.74) is 0. The molecule has 0 aromatic rings. The number of hydrazine groups is 1. The third kappa shape index (κ3) is 9.84. The van der Waals surface area contributed by atoms with Gasteiger partial charge in [0, 0.05) is 13.1 Å². The molecule has 0 atom stereocenters. The zero-order valence-corrected chi connectivity index (χ0v) is 9.39. The molecule has 0 saturated carbocycles. The van der Waals surface area contributed by atoms with E-state index in [2.05, 4.69) is 13.8 Å². The van der Waals surface area contributed by atoms with Gasteiger partial charge in [0.15, 0.2) is 0 Å². The van der Waals surface area contributed by atoms with Crippen LogP contribution in [0.4, 0.5) is 0 Å². The molecule has 2 N–H and O–H groups in total. The summed E-state index contributed by atoms with van der Waals surface area (Å²) in [4.78, 5) is 0. The lowest BCUT2D eigenvalue weighted by Gasteiger charge is -2.15. The van der Waals surface area contributed by atoms with E-state index in [4.69, 9.17) is 5.84 Å². The standard InChI is InChI=1S/C11H26N2/c1-3-5-7-9-11-13(12)10-8-6-4-2/h3-12H2,1-2H3. The first-order chi connectivity index (χ1) is 6.31. The van der Waals surface area contributed by atoms with E-state index in [1.165, 1.54) is 44.9 Å². The van der Waals surface area contributed by atoms with Crippen LogP contribution in [0.15, 0.2) is 0 Å². The Hall–Kier alpha value is -0.0800. The number of hydrogen-bond acceptors (Lipinski definition) is 2. The topological polar surface area (TPSA) is 29.3 Å². The zero-order chi connectivity index (χ0) is 9.94. The van der Waals surface area contributed by atoms with Crippen molar-refractivity contribution < 1.29 is 0 Å². The van der Waals surface area contributed by atoms with Gasteiger partial charge in [0.25, 0.3) is 0 Å². The van der Waals surface area contributed by atoms with E-state index in [0.29, 0.717) is 0 Å². The van der Waals surface area contributed by atoms with Crippen molar-refractivity contribution in [3.63, 3.8) is 0 Å². The number of rotatable bonds is 9. The molecular formula is C11H26N2. The maximum Gasteiger partial charge on any atom is 0.0128 e. The van der Waals surface area contributed by atoms with Gasteiger partial charge in [-0.05, 0) is 12.8 Å². The van der Waals surface area contributed by atoms with E-state index >= 15 is 0 Å². The normalized spacial score (nSPS) is 11.1. The number of nitrogens with two attached hydrogens (primary N) is 1. The molecule has 0 unspecified atom stereocenters. The molecule has 0 aliphatic heterocycles. The van der Waals surface area contributed by atoms with Crippen LogP contribution in [0, 0.1) is 0 Å². The van der Waals surface area contributed by atoms with Crippen LogP contribution in [0.25, 0.3) is 0 Å². The minimum absolute atomic E-state index is 1.07. The predicted octanol–water partition coefficient (Wildman–Crippen LogP) is 2.93. The maximum atomic E-state index is 5.83. The molecule has 0 aromatic heterocycles. The van der Waals surface area contributed by atoms with Gasteiger partial charge in [-0.1, -0.05) is 46.0 Å². The highest BCUT2D eigenvalue weighted by atomic mass is 15.4. The van der Waals surface area contributed by atoms with E-state index in [0.717, 1.165) is 13.1 Å². The smallest absolute Gasteiger partial charge is 0.0128 e. The van der Waals surface area contributed by atoms with Gasteiger partial charge < -0.3 is 0 Å². The summed E-state index contributed by atoms with van der Waals surface area (Å²) in [6, 6.07) is 0. The third-order valence-electron chi connectivity index (χ3n) is 2.35. The van der Waals surface area contributed by atoms with Crippen LogP contribution >= 0.6 is 0 Å². The van der Waals surface area contributed by atoms with Crippen molar-refractivity contribution >= 4 is 0 Å². The lowest BCUT2D eigenvalue weighted by Crippen LogP contribution is -2.32. The van der Waals surface area contributed by atoms with E-state index in [1.54, 1.807) is 0 Å². The molecule has 2 heteroatoms. The summed E-state index contributed by atoms with van der Waals surface area (Å²) in [5, 5.41) is 1.98. The summed E-state index contributed by atoms with van der Waals surface area (Å²) in [6.07, 6.45) is 9.09. The van der Waals surface area contributed by atoms with E-state index in [-0.39, 0.29) is 0 Å². The fraction of sp³-hybridized carbons (Fsp3) is 1.00. The number of hydrogen-bond donors (Lipinski definition) is 1. The molecule has 0 heterocycles. The Morgan fingerprint density at radius 1 is 0.769 bits per heavy atom. The molecular weight excluding hydrogens is 160 g/mol. The summed E-state index contributed by atoms with van der Waals surface area (Å²) in [5.74, 6) is 5.83. The average Bonchev–Trinajstić information content (AvgIpc) is 2.13. The lowest BCUT2D eigenvalue weighted by molar-refractivity contribution is 0.269. The molecule has 0 aliphatic carbocycles. The van der Waals surface area contributed by atoms with Crippen LogP contribution in [-0.2, 0) is 0 Å². The van der Waals surface area contributed by atoms with Gasteiger partial charge in [-0.3, -0.25) is 5.84 Å². The van der Waals surface area contributed by atoms with Gasteiger partial charge in [0.05, 0.1) is 0 Å². The Morgan fingerprint density at radius 2 is 1.23 bits per heavy atom. The van der Waals surface area contributed by atoms with Crippen LogP contribution in [0.3, 0.4) is 0 Å². The second kappa shape index (κ2) is 10.0. The molecule has 0 saturated heterocycles. The van der Waals surface area contributed by atoms with Crippen molar-refractivity contribution in [1.82, 2.24) is 5.01 Å². The quantitative estimate of drug-likeness (QED) is 0.341. The highest BCUT2D eigenvalue weighted by molar-refractivity contribution is 4.50. The van der Waals surface area contributed by atoms with Gasteiger partial charge in [0.2, 0.25) is 0 Å². The largest absolute Gasteiger partial charge is 0.269 e. The third-order valence-corrected chi connectivity index (χ3v) is 2.35. The number of unbranched alkanes of at least 4 members (excludes halogenated alkanes) is 5. The highest BCUT2D eigenvalue weighted by Gasteiger charge is 1.97. The first-order valence-corrected chi connectivity index (χ1v) is 5.80. The molecule has 0 amide bonds. The van der Waals surface area contributed by atoms with Crippen molar-refractivity contribution in [2.24, 2.45) is 5.84 Å². The molecule has 0 radical (unpaired) electrons. The van der Waals surface area contributed by atoms with E-state index in [1.807, 2.05) is 5.01 Å². The van der Waals surface area contributed by atoms with Gasteiger partial charge >= 0.3 is 0 Å². The lowest BCUT2D eigenvalue weighted by atomic mass is 10.2. The van der Waals surface area contributed by atoms with Gasteiger partial charge in [0.1, 0.15) is 0 Å². The average molecular weight is 186 g/mol. The molecule has 13 heavy (non-hydrogen) atoms. The fourth-order valence-corrected chi connectivity index (χ4v) is 1.42. The van der Waals surface area contributed by atoms with Crippen LogP contribution < -0.4 is 5.84 Å². The molecule has 0 aromatic carbocycles. The molecule has 0 spiro atoms. The van der Waals surface area contributed by atoms with Crippen molar-refractivity contribution in [2.45, 2.75) is 58.8 Å². The highest BCUT2D eigenvalue weighted by Crippen LogP contribution is 2.00. The number of nitrogens with zero attached hydrogens (tertiary/aromatic N) is 1. The minimum Gasteiger partial charge on any atom is -0.269 e. The van der Waals surface area contributed by atoms with Crippen LogP contribution in [0.1, 0.15) is 58.8 Å². The Bertz CT molecular complexity index is 94.1. The summed E-state index contributed by atoms with van der Waals surface area (Å²) < 4.78 is 0. The maximum absolute atomic E-state index is 5.83. The molecule has 80 valence electrons. The minimum atomic E-state index is 1.07. The Labute approximate surface area is 83.5 Å². The molecule has 2 nitrogen and oxygen atoms in total. The van der Waals surface area contributed by atoms with Gasteiger partial charge in [-0.25, -0.2) is 5.01 Å². The first-order valence-electron chi connectivity index (χ1n) is 5.80. The Kier molecular flexibility index (Phi) is 9.94. The van der Waals surface area contributed by atoms with Crippen LogP contribution in [-0.4, -0.2) is 18.1 Å². The van der Waals surface area contributed by atoms with Crippen LogP contribution in [0.5, 0.6) is 0 Å². The van der Waals surface area contributed by atoms with E-state index < -0.39 is 0 Å². The predicted molar refractivity (Wildman–Crippen MR) is 59.4 cm³/mol. The van der Waals surface area contributed by atoms with Crippen molar-refractivity contribution in [3.8, 4) is 0 Å². The van der Waals surface area contributed by atoms with Crippen molar-refractivity contribution in [1.29, 1.82) is 0 Å². The second-order valence-electron chi connectivity index (χ2n) is 3.80. The molecule has 0 fully saturated rings. The SMILES string of the molecule is CCCCCCN(N)CCCCC. The fourth-order valence-electron chi connectivity index (χ4n) is 1.42. The van der Waals surface area contributed by atoms with Gasteiger partial charge in [-0.2, -0.15) is 0 Å². The molecule has 0 bridgehead atoms. The Morgan fingerprint density at radius 3 is 1.77 bits per heavy atom. The van der Waals surface area contributed by atoms with Gasteiger partial charge in [-0.15, -0.1) is 0 Å². The summed E-state index contributed by atoms with van der Waals surface area (Å²) >= 11 is 0. The second-order valence-corrected chi connectivity index (χ2v) is 3.80. The Balaban J connectivity index is 3.05. The monoisotopic (exact) mass is 186 g/mol. The van der Waals surface area contributed by atoms with E-state index in [9.17, 15) is 0 Å².